The molecule has 9 atom stereocenters. The van der Waals surface area contributed by atoms with Gasteiger partial charge in [0.1, 0.15) is 0 Å². The summed E-state index contributed by atoms with van der Waals surface area (Å²) in [6, 6.07) is 0. The predicted molar refractivity (Wildman–Crippen MR) is 139 cm³/mol. The van der Waals surface area contributed by atoms with E-state index >= 15 is 0 Å². The summed E-state index contributed by atoms with van der Waals surface area (Å²) in [5.41, 5.74) is 1.03. The molecule has 0 bridgehead atoms. The van der Waals surface area contributed by atoms with E-state index in [1.807, 2.05) is 0 Å². The highest BCUT2D eigenvalue weighted by Crippen LogP contribution is 2.68. The second-order valence-corrected chi connectivity index (χ2v) is 13.4. The Morgan fingerprint density at radius 2 is 1.78 bits per heavy atom. The van der Waals surface area contributed by atoms with Gasteiger partial charge in [-0.15, -0.1) is 0 Å². The van der Waals surface area contributed by atoms with Crippen LogP contribution in [0.15, 0.2) is 11.3 Å². The highest BCUT2D eigenvalue weighted by atomic mass is 16.7. The van der Waals surface area contributed by atoms with Crippen molar-refractivity contribution in [1.29, 1.82) is 0 Å². The van der Waals surface area contributed by atoms with Crippen molar-refractivity contribution >= 4 is 11.8 Å². The van der Waals surface area contributed by atoms with Crippen LogP contribution in [0.1, 0.15) is 111 Å². The van der Waals surface area contributed by atoms with Crippen molar-refractivity contribution in [2.24, 2.45) is 46.3 Å². The first kappa shape index (κ1) is 26.3. The number of esters is 1. The number of hydrogen-bond acceptors (Lipinski definition) is 5. The minimum absolute atomic E-state index is 0.0471. The number of ketones is 1. The van der Waals surface area contributed by atoms with E-state index in [4.69, 9.17) is 9.47 Å². The molecular weight excluding hydrogens is 452 g/mol. The maximum atomic E-state index is 14.1. The Morgan fingerprint density at radius 3 is 2.50 bits per heavy atom. The highest BCUT2D eigenvalue weighted by Gasteiger charge is 2.64. The van der Waals surface area contributed by atoms with Crippen LogP contribution in [0, 0.1) is 46.3 Å². The standard InChI is InChI=1S/C31H48O5/c1-19(11-14-25(33)36-26-10-6-8-18-35-26)21-12-13-23-28-24(15-17-31(21,23)4)30(3)16-7-5-9-22(30)27(20(2)32)29(28)34/h19,21-24,26,28,32H,5-18H2,1-4H3/t19-,21-,22+,23+,24+,26?,28+,30+,31-/m1/s1. The Labute approximate surface area is 217 Å². The van der Waals surface area contributed by atoms with Gasteiger partial charge < -0.3 is 14.6 Å². The lowest BCUT2D eigenvalue weighted by Gasteiger charge is -2.60. The second kappa shape index (κ2) is 10.1. The topological polar surface area (TPSA) is 72.8 Å². The van der Waals surface area contributed by atoms with Crippen molar-refractivity contribution in [3.63, 3.8) is 0 Å². The van der Waals surface area contributed by atoms with Gasteiger partial charge in [0.2, 0.25) is 6.29 Å². The SMILES string of the molecule is CC(O)=C1C(=O)[C@@H]2[C@H](CC[C@]3(C)[C@@H]([C@H](C)CCC(=O)OC4CCCCO4)CC[C@@H]23)[C@@]2(C)CCCC[C@@H]12. The van der Waals surface area contributed by atoms with Crippen LogP contribution in [0.4, 0.5) is 0 Å². The Kier molecular flexibility index (Phi) is 7.35. The molecule has 0 aromatic carbocycles. The Balaban J connectivity index is 1.30. The van der Waals surface area contributed by atoms with Crippen LogP contribution in [-0.2, 0) is 19.1 Å². The second-order valence-electron chi connectivity index (χ2n) is 13.4. The zero-order valence-corrected chi connectivity index (χ0v) is 23.0. The van der Waals surface area contributed by atoms with Crippen LogP contribution in [-0.4, -0.2) is 29.8 Å². The molecule has 5 aliphatic rings. The van der Waals surface area contributed by atoms with Crippen molar-refractivity contribution in [2.45, 2.75) is 117 Å². The fourth-order valence-corrected chi connectivity index (χ4v) is 9.83. The average Bonchev–Trinajstić information content (AvgIpc) is 3.20. The summed E-state index contributed by atoms with van der Waals surface area (Å²) in [7, 11) is 0. The largest absolute Gasteiger partial charge is 0.512 e. The van der Waals surface area contributed by atoms with E-state index < -0.39 is 0 Å². The molecule has 0 aromatic rings. The van der Waals surface area contributed by atoms with E-state index in [0.29, 0.717) is 36.7 Å². The summed E-state index contributed by atoms with van der Waals surface area (Å²) >= 11 is 0. The van der Waals surface area contributed by atoms with Gasteiger partial charge >= 0.3 is 5.97 Å². The van der Waals surface area contributed by atoms with E-state index in [1.165, 1.54) is 19.3 Å². The summed E-state index contributed by atoms with van der Waals surface area (Å²) in [6.07, 6.45) is 13.0. The molecule has 0 amide bonds. The maximum absolute atomic E-state index is 14.1. The average molecular weight is 501 g/mol. The van der Waals surface area contributed by atoms with Crippen LogP contribution >= 0.6 is 0 Å². The van der Waals surface area contributed by atoms with E-state index in [2.05, 4.69) is 20.8 Å². The third kappa shape index (κ3) is 4.35. The molecule has 4 aliphatic carbocycles. The Bertz CT molecular complexity index is 883. The number of Topliss-reactive ketones (excluding diaryl/α,β-unsaturated/α-hetero) is 1. The molecule has 1 heterocycles. The number of rotatable bonds is 5. The van der Waals surface area contributed by atoms with Crippen LogP contribution in [0.5, 0.6) is 0 Å². The van der Waals surface area contributed by atoms with Crippen LogP contribution in [0.25, 0.3) is 0 Å². The maximum Gasteiger partial charge on any atom is 0.308 e. The van der Waals surface area contributed by atoms with Gasteiger partial charge in [0.05, 0.1) is 12.4 Å². The van der Waals surface area contributed by atoms with Crippen molar-refractivity contribution in [1.82, 2.24) is 0 Å². The first-order chi connectivity index (χ1) is 17.2. The zero-order valence-electron chi connectivity index (χ0n) is 23.0. The lowest BCUT2D eigenvalue weighted by Crippen LogP contribution is -2.57. The van der Waals surface area contributed by atoms with Crippen molar-refractivity contribution in [2.75, 3.05) is 6.61 Å². The van der Waals surface area contributed by atoms with Crippen molar-refractivity contribution in [3.8, 4) is 0 Å². The summed E-state index contributed by atoms with van der Waals surface area (Å²) < 4.78 is 11.2. The first-order valence-electron chi connectivity index (χ1n) is 14.9. The summed E-state index contributed by atoms with van der Waals surface area (Å²) in [4.78, 5) is 26.6. The van der Waals surface area contributed by atoms with Crippen LogP contribution in [0.2, 0.25) is 0 Å². The van der Waals surface area contributed by atoms with Gasteiger partial charge in [-0.05, 0) is 105 Å². The number of allylic oxidation sites excluding steroid dienone is 2. The number of ether oxygens (including phenoxy) is 2. The molecule has 36 heavy (non-hydrogen) atoms. The number of aliphatic hydroxyl groups is 1. The van der Waals surface area contributed by atoms with Crippen LogP contribution in [0.3, 0.4) is 0 Å². The molecule has 4 saturated carbocycles. The van der Waals surface area contributed by atoms with Gasteiger partial charge in [0, 0.05) is 24.3 Å². The minimum Gasteiger partial charge on any atom is -0.512 e. The molecule has 5 heteroatoms. The van der Waals surface area contributed by atoms with Crippen molar-refractivity contribution in [3.05, 3.63) is 11.3 Å². The molecule has 5 nitrogen and oxygen atoms in total. The van der Waals surface area contributed by atoms with E-state index in [1.54, 1.807) is 6.92 Å². The Morgan fingerprint density at radius 1 is 1.03 bits per heavy atom. The molecule has 1 unspecified atom stereocenters. The lowest BCUT2D eigenvalue weighted by molar-refractivity contribution is -0.187. The predicted octanol–water partition coefficient (Wildman–Crippen LogP) is 7.14. The Hall–Kier alpha value is -1.36. The van der Waals surface area contributed by atoms with Gasteiger partial charge in [-0.1, -0.05) is 33.6 Å². The fourth-order valence-electron chi connectivity index (χ4n) is 9.83. The number of carbonyl (C=O) groups is 2. The quantitative estimate of drug-likeness (QED) is 0.247. The smallest absolute Gasteiger partial charge is 0.308 e. The minimum atomic E-state index is -0.357. The molecule has 1 N–H and O–H groups in total. The summed E-state index contributed by atoms with van der Waals surface area (Å²) in [6.45, 7) is 9.60. The third-order valence-electron chi connectivity index (χ3n) is 11.6. The van der Waals surface area contributed by atoms with E-state index in [0.717, 1.165) is 63.4 Å². The molecule has 1 aliphatic heterocycles. The molecular formula is C31H48O5. The number of fused-ring (bicyclic) bond motifs is 5. The number of carbonyl (C=O) groups excluding carboxylic acids is 2. The zero-order chi connectivity index (χ0) is 25.7. The van der Waals surface area contributed by atoms with Crippen LogP contribution < -0.4 is 0 Å². The molecule has 202 valence electrons. The van der Waals surface area contributed by atoms with Gasteiger partial charge in [-0.25, -0.2) is 0 Å². The molecule has 0 spiro atoms. The molecule has 5 rings (SSSR count). The van der Waals surface area contributed by atoms with E-state index in [9.17, 15) is 14.7 Å². The third-order valence-corrected chi connectivity index (χ3v) is 11.6. The summed E-state index contributed by atoms with van der Waals surface area (Å²) in [5, 5.41) is 10.7. The van der Waals surface area contributed by atoms with Crippen molar-refractivity contribution < 1.29 is 24.2 Å². The van der Waals surface area contributed by atoms with Gasteiger partial charge in [-0.3, -0.25) is 9.59 Å². The highest BCUT2D eigenvalue weighted by molar-refractivity contribution is 5.99. The fraction of sp³-hybridized carbons (Fsp3) is 0.871. The summed E-state index contributed by atoms with van der Waals surface area (Å²) in [5.74, 6) is 2.44. The van der Waals surface area contributed by atoms with E-state index in [-0.39, 0.29) is 46.5 Å². The number of hydrogen-bond donors (Lipinski definition) is 1. The normalized spacial score (nSPS) is 44.7. The molecule has 0 radical (unpaired) electrons. The number of aliphatic hydroxyl groups excluding tert-OH is 1. The van der Waals surface area contributed by atoms with Gasteiger partial charge in [0.25, 0.3) is 0 Å². The molecule has 5 fully saturated rings. The van der Waals surface area contributed by atoms with Gasteiger partial charge in [-0.2, -0.15) is 0 Å². The monoisotopic (exact) mass is 500 g/mol. The molecule has 1 saturated heterocycles. The van der Waals surface area contributed by atoms with Gasteiger partial charge in [0.15, 0.2) is 5.78 Å². The molecule has 0 aromatic heterocycles. The lowest BCUT2D eigenvalue weighted by atomic mass is 9.43. The first-order valence-corrected chi connectivity index (χ1v) is 14.9.